The maximum atomic E-state index is 12.3. The molecule has 0 bridgehead atoms. The number of unbranched alkanes of at least 4 members (excludes halogenated alkanes) is 3. The second kappa shape index (κ2) is 10.6. The number of hydrogen-bond acceptors (Lipinski definition) is 4. The van der Waals surface area contributed by atoms with Crippen LogP contribution in [0.2, 0.25) is 0 Å². The van der Waals surface area contributed by atoms with Gasteiger partial charge in [-0.3, -0.25) is 9.59 Å². The van der Waals surface area contributed by atoms with Gasteiger partial charge >= 0.3 is 0 Å². The van der Waals surface area contributed by atoms with Gasteiger partial charge < -0.3 is 20.9 Å². The van der Waals surface area contributed by atoms with Gasteiger partial charge in [0.15, 0.2) is 5.79 Å². The third kappa shape index (κ3) is 5.42. The Balaban J connectivity index is 3.20. The van der Waals surface area contributed by atoms with Crippen LogP contribution in [0.3, 0.4) is 0 Å². The minimum atomic E-state index is -1.26. The van der Waals surface area contributed by atoms with E-state index in [-0.39, 0.29) is 5.91 Å². The Hall–Kier alpha value is -1.66. The number of amides is 2. The Morgan fingerprint density at radius 3 is 2.26 bits per heavy atom. The molecule has 0 saturated heterocycles. The topological polar surface area (TPSA) is 105 Å². The van der Waals surface area contributed by atoms with Crippen molar-refractivity contribution >= 4 is 11.8 Å². The van der Waals surface area contributed by atoms with Crippen molar-refractivity contribution in [3.05, 3.63) is 24.3 Å². The van der Waals surface area contributed by atoms with Gasteiger partial charge in [0, 0.05) is 18.9 Å². The van der Waals surface area contributed by atoms with Crippen molar-refractivity contribution in [1.82, 2.24) is 0 Å². The molecule has 0 aromatic carbocycles. The van der Waals surface area contributed by atoms with Gasteiger partial charge in [-0.1, -0.05) is 64.7 Å². The SMILES string of the molecule is CCCCCCC(C(N)=O)C1C=CC=CC1(OC)OC(CC)(CC)C(N)=O. The van der Waals surface area contributed by atoms with Crippen molar-refractivity contribution < 1.29 is 19.1 Å². The van der Waals surface area contributed by atoms with E-state index in [1.807, 2.05) is 26.0 Å². The van der Waals surface area contributed by atoms with E-state index >= 15 is 0 Å². The monoisotopic (exact) mass is 380 g/mol. The molecule has 0 fully saturated rings. The van der Waals surface area contributed by atoms with Crippen molar-refractivity contribution in [3.8, 4) is 0 Å². The molecule has 154 valence electrons. The highest BCUT2D eigenvalue weighted by Crippen LogP contribution is 2.41. The lowest BCUT2D eigenvalue weighted by atomic mass is 9.78. The average Bonchev–Trinajstić information content (AvgIpc) is 2.66. The lowest BCUT2D eigenvalue weighted by Crippen LogP contribution is -2.57. The van der Waals surface area contributed by atoms with Gasteiger partial charge in [0.2, 0.25) is 11.8 Å². The number of ether oxygens (including phenoxy) is 2. The normalized spacial score (nSPS) is 23.3. The number of allylic oxidation sites excluding steroid dienone is 2. The van der Waals surface area contributed by atoms with Crippen molar-refractivity contribution in [2.24, 2.45) is 23.3 Å². The Labute approximate surface area is 163 Å². The molecule has 3 atom stereocenters. The predicted molar refractivity (Wildman–Crippen MR) is 107 cm³/mol. The number of carbonyl (C=O) groups is 2. The van der Waals surface area contributed by atoms with Crippen LogP contribution >= 0.6 is 0 Å². The van der Waals surface area contributed by atoms with Crippen LogP contribution in [0.15, 0.2) is 24.3 Å². The smallest absolute Gasteiger partial charge is 0.249 e. The molecule has 0 radical (unpaired) electrons. The van der Waals surface area contributed by atoms with Crippen LogP contribution in [-0.2, 0) is 19.1 Å². The first-order valence-electron chi connectivity index (χ1n) is 10.0. The van der Waals surface area contributed by atoms with Gasteiger partial charge in [0.1, 0.15) is 5.60 Å². The summed E-state index contributed by atoms with van der Waals surface area (Å²) in [5, 5.41) is 0. The zero-order chi connectivity index (χ0) is 20.5. The molecule has 0 aromatic rings. The fourth-order valence-electron chi connectivity index (χ4n) is 3.77. The van der Waals surface area contributed by atoms with Crippen LogP contribution < -0.4 is 11.5 Å². The molecular weight excluding hydrogens is 344 g/mol. The van der Waals surface area contributed by atoms with Crippen LogP contribution in [0.5, 0.6) is 0 Å². The zero-order valence-corrected chi connectivity index (χ0v) is 17.2. The first kappa shape index (κ1) is 23.4. The second-order valence-corrected chi connectivity index (χ2v) is 7.22. The zero-order valence-electron chi connectivity index (χ0n) is 17.2. The molecule has 3 unspecified atom stereocenters. The van der Waals surface area contributed by atoms with Gasteiger partial charge in [-0.05, 0) is 25.3 Å². The first-order chi connectivity index (χ1) is 12.8. The number of nitrogens with two attached hydrogens (primary N) is 2. The number of rotatable bonds is 13. The van der Waals surface area contributed by atoms with Gasteiger partial charge in [0.05, 0.1) is 0 Å². The van der Waals surface area contributed by atoms with E-state index < -0.39 is 29.1 Å². The summed E-state index contributed by atoms with van der Waals surface area (Å²) in [7, 11) is 1.52. The first-order valence-corrected chi connectivity index (χ1v) is 10.0. The molecule has 1 aliphatic rings. The van der Waals surface area contributed by atoms with Crippen LogP contribution in [0.1, 0.15) is 65.7 Å². The number of carbonyl (C=O) groups excluding carboxylic acids is 2. The largest absolute Gasteiger partial charge is 0.369 e. The summed E-state index contributed by atoms with van der Waals surface area (Å²) in [5.74, 6) is -3.07. The minimum absolute atomic E-state index is 0.390. The minimum Gasteiger partial charge on any atom is -0.369 e. The molecule has 0 spiro atoms. The summed E-state index contributed by atoms with van der Waals surface area (Å²) in [5.41, 5.74) is 10.2. The Morgan fingerprint density at radius 2 is 1.78 bits per heavy atom. The quantitative estimate of drug-likeness (QED) is 0.378. The molecule has 27 heavy (non-hydrogen) atoms. The molecule has 0 aromatic heterocycles. The highest BCUT2D eigenvalue weighted by atomic mass is 16.7. The van der Waals surface area contributed by atoms with Gasteiger partial charge in [0.25, 0.3) is 0 Å². The average molecular weight is 381 g/mol. The number of hydrogen-bond donors (Lipinski definition) is 2. The molecule has 6 nitrogen and oxygen atoms in total. The van der Waals surface area contributed by atoms with E-state index in [2.05, 4.69) is 6.92 Å². The Kier molecular flexibility index (Phi) is 9.19. The Bertz CT molecular complexity index is 554. The van der Waals surface area contributed by atoms with Crippen LogP contribution in [0, 0.1) is 11.8 Å². The fourth-order valence-corrected chi connectivity index (χ4v) is 3.77. The van der Waals surface area contributed by atoms with Crippen molar-refractivity contribution in [2.75, 3.05) is 7.11 Å². The molecule has 2 amide bonds. The van der Waals surface area contributed by atoms with Crippen LogP contribution in [0.25, 0.3) is 0 Å². The Morgan fingerprint density at radius 1 is 1.11 bits per heavy atom. The maximum Gasteiger partial charge on any atom is 0.249 e. The van der Waals surface area contributed by atoms with Gasteiger partial charge in [-0.2, -0.15) is 0 Å². The predicted octanol–water partition coefficient (Wildman–Crippen LogP) is 3.20. The molecule has 1 rings (SSSR count). The number of methoxy groups -OCH3 is 1. The second-order valence-electron chi connectivity index (χ2n) is 7.22. The maximum absolute atomic E-state index is 12.3. The third-order valence-corrected chi connectivity index (χ3v) is 5.66. The standard InChI is InChI=1S/C21H36N2O4/c1-5-8-9-10-13-16(18(22)24)17-14-11-12-15-21(17,26-4)27-20(6-2,7-3)19(23)25/h11-12,14-17H,5-10,13H2,1-4H3,(H2,22,24)(H2,23,25). The van der Waals surface area contributed by atoms with E-state index in [9.17, 15) is 9.59 Å². The van der Waals surface area contributed by atoms with Crippen molar-refractivity contribution in [3.63, 3.8) is 0 Å². The van der Waals surface area contributed by atoms with E-state index in [4.69, 9.17) is 20.9 Å². The van der Waals surface area contributed by atoms with Crippen molar-refractivity contribution in [2.45, 2.75) is 77.1 Å². The van der Waals surface area contributed by atoms with E-state index in [1.165, 1.54) is 7.11 Å². The van der Waals surface area contributed by atoms with E-state index in [1.54, 1.807) is 12.2 Å². The molecule has 6 heteroatoms. The summed E-state index contributed by atoms with van der Waals surface area (Å²) in [4.78, 5) is 24.4. The van der Waals surface area contributed by atoms with Crippen LogP contribution in [0.4, 0.5) is 0 Å². The number of primary amides is 2. The van der Waals surface area contributed by atoms with Gasteiger partial charge in [-0.15, -0.1) is 0 Å². The molecule has 1 aliphatic carbocycles. The summed E-state index contributed by atoms with van der Waals surface area (Å²) in [6.07, 6.45) is 12.9. The highest BCUT2D eigenvalue weighted by Gasteiger charge is 2.50. The molecular formula is C21H36N2O4. The van der Waals surface area contributed by atoms with Crippen molar-refractivity contribution in [1.29, 1.82) is 0 Å². The highest BCUT2D eigenvalue weighted by molar-refractivity contribution is 5.83. The fraction of sp³-hybridized carbons (Fsp3) is 0.714. The molecule has 0 aliphatic heterocycles. The van der Waals surface area contributed by atoms with Gasteiger partial charge in [-0.25, -0.2) is 0 Å². The van der Waals surface area contributed by atoms with E-state index in [0.717, 1.165) is 25.7 Å². The third-order valence-electron chi connectivity index (χ3n) is 5.66. The molecule has 0 heterocycles. The van der Waals surface area contributed by atoms with E-state index in [0.29, 0.717) is 19.3 Å². The lowest BCUT2D eigenvalue weighted by Gasteiger charge is -2.45. The summed E-state index contributed by atoms with van der Waals surface area (Å²) >= 11 is 0. The lowest BCUT2D eigenvalue weighted by molar-refractivity contribution is -0.270. The summed E-state index contributed by atoms with van der Waals surface area (Å²) in [6, 6.07) is 0. The molecule has 4 N–H and O–H groups in total. The summed E-state index contributed by atoms with van der Waals surface area (Å²) in [6.45, 7) is 5.85. The summed E-state index contributed by atoms with van der Waals surface area (Å²) < 4.78 is 12.1. The molecule has 0 saturated carbocycles. The van der Waals surface area contributed by atoms with Crippen LogP contribution in [-0.4, -0.2) is 30.3 Å².